The molecular weight excluding hydrogens is 288 g/mol. The molecule has 0 aliphatic carbocycles. The van der Waals surface area contributed by atoms with Crippen LogP contribution in [0.5, 0.6) is 11.5 Å². The number of fused-ring (bicyclic) bond motifs is 3. The molecule has 2 aromatic carbocycles. The fourth-order valence-electron chi connectivity index (χ4n) is 3.68. The molecule has 4 rings (SSSR count). The van der Waals surface area contributed by atoms with Crippen molar-refractivity contribution < 1.29 is 9.84 Å². The highest BCUT2D eigenvalue weighted by atomic mass is 16.5. The summed E-state index contributed by atoms with van der Waals surface area (Å²) in [7, 11) is 2.19. The van der Waals surface area contributed by atoms with E-state index < -0.39 is 0 Å². The van der Waals surface area contributed by atoms with Crippen LogP contribution in [0.15, 0.2) is 48.5 Å². The molecule has 2 heterocycles. The molecule has 1 fully saturated rings. The molecule has 1 N–H and O–H groups in total. The smallest absolute Gasteiger partial charge is 0.137 e. The summed E-state index contributed by atoms with van der Waals surface area (Å²) in [5.74, 6) is 1.07. The van der Waals surface area contributed by atoms with Gasteiger partial charge in [0.2, 0.25) is 0 Å². The van der Waals surface area contributed by atoms with E-state index in [9.17, 15) is 5.11 Å². The van der Waals surface area contributed by atoms with Gasteiger partial charge < -0.3 is 14.7 Å². The number of hydrogen-bond acceptors (Lipinski definition) is 4. The normalized spacial score (nSPS) is 24.7. The Hall–Kier alpha value is -2.04. The zero-order valence-corrected chi connectivity index (χ0v) is 13.4. The summed E-state index contributed by atoms with van der Waals surface area (Å²) in [6.07, 6.45) is 0.0374. The first-order chi connectivity index (χ1) is 11.2. The Morgan fingerprint density at radius 2 is 1.70 bits per heavy atom. The summed E-state index contributed by atoms with van der Waals surface area (Å²) in [6, 6.07) is 16.1. The Balaban J connectivity index is 1.65. The van der Waals surface area contributed by atoms with Gasteiger partial charge in [0.25, 0.3) is 0 Å². The minimum absolute atomic E-state index is 0.0374. The predicted molar refractivity (Wildman–Crippen MR) is 89.7 cm³/mol. The molecule has 2 aliphatic rings. The molecule has 0 radical (unpaired) electrons. The number of aromatic hydroxyl groups is 1. The number of phenols is 1. The van der Waals surface area contributed by atoms with Gasteiger partial charge in [0, 0.05) is 32.2 Å². The Morgan fingerprint density at radius 1 is 0.957 bits per heavy atom. The lowest BCUT2D eigenvalue weighted by Gasteiger charge is -2.46. The van der Waals surface area contributed by atoms with Crippen LogP contribution in [-0.4, -0.2) is 48.1 Å². The van der Waals surface area contributed by atoms with Crippen LogP contribution in [0.2, 0.25) is 0 Å². The summed E-state index contributed by atoms with van der Waals surface area (Å²) < 4.78 is 6.25. The van der Waals surface area contributed by atoms with Crippen molar-refractivity contribution in [3.8, 4) is 11.5 Å². The van der Waals surface area contributed by atoms with Crippen LogP contribution in [0.25, 0.3) is 0 Å². The Bertz CT molecular complexity index is 686. The molecule has 0 aromatic heterocycles. The number of hydrogen-bond donors (Lipinski definition) is 1. The molecule has 4 heteroatoms. The van der Waals surface area contributed by atoms with Gasteiger partial charge in [-0.3, -0.25) is 4.90 Å². The van der Waals surface area contributed by atoms with Gasteiger partial charge in [-0.2, -0.15) is 0 Å². The van der Waals surface area contributed by atoms with Crippen molar-refractivity contribution in [1.29, 1.82) is 0 Å². The van der Waals surface area contributed by atoms with Gasteiger partial charge in [-0.05, 0) is 42.4 Å². The van der Waals surface area contributed by atoms with E-state index in [4.69, 9.17) is 4.74 Å². The average Bonchev–Trinajstić information content (AvgIpc) is 2.58. The van der Waals surface area contributed by atoms with E-state index in [0.717, 1.165) is 31.9 Å². The number of rotatable bonds is 2. The lowest BCUT2D eigenvalue weighted by Crippen LogP contribution is -2.51. The van der Waals surface area contributed by atoms with Gasteiger partial charge in [0.1, 0.15) is 17.6 Å². The van der Waals surface area contributed by atoms with Crippen molar-refractivity contribution >= 4 is 0 Å². The molecule has 120 valence electrons. The third kappa shape index (κ3) is 2.80. The topological polar surface area (TPSA) is 35.9 Å². The van der Waals surface area contributed by atoms with Crippen molar-refractivity contribution in [2.45, 2.75) is 12.1 Å². The molecule has 0 bridgehead atoms. The molecule has 2 aliphatic heterocycles. The summed E-state index contributed by atoms with van der Waals surface area (Å²) in [4.78, 5) is 4.94. The second-order valence-corrected chi connectivity index (χ2v) is 6.50. The van der Waals surface area contributed by atoms with Crippen LogP contribution in [0.1, 0.15) is 23.3 Å². The van der Waals surface area contributed by atoms with E-state index in [1.165, 1.54) is 11.1 Å². The van der Waals surface area contributed by atoms with Gasteiger partial charge in [-0.25, -0.2) is 0 Å². The fraction of sp³-hybridized carbons (Fsp3) is 0.368. The summed E-state index contributed by atoms with van der Waals surface area (Å²) in [5.41, 5.74) is 2.67. The van der Waals surface area contributed by atoms with Crippen molar-refractivity contribution in [2.24, 2.45) is 0 Å². The highest BCUT2D eigenvalue weighted by molar-refractivity contribution is 5.37. The molecule has 0 amide bonds. The zero-order chi connectivity index (χ0) is 15.8. The van der Waals surface area contributed by atoms with Crippen molar-refractivity contribution in [3.05, 3.63) is 59.7 Å². The highest BCUT2D eigenvalue weighted by Gasteiger charge is 2.36. The van der Waals surface area contributed by atoms with Crippen LogP contribution in [0, 0.1) is 0 Å². The maximum absolute atomic E-state index is 9.43. The van der Waals surface area contributed by atoms with Crippen LogP contribution < -0.4 is 4.74 Å². The molecule has 23 heavy (non-hydrogen) atoms. The Morgan fingerprint density at radius 3 is 2.48 bits per heavy atom. The molecule has 2 atom stereocenters. The maximum atomic E-state index is 9.43. The predicted octanol–water partition coefficient (Wildman–Crippen LogP) is 2.81. The molecule has 4 nitrogen and oxygen atoms in total. The maximum Gasteiger partial charge on any atom is 0.137 e. The van der Waals surface area contributed by atoms with Gasteiger partial charge in [0.05, 0.1) is 0 Å². The van der Waals surface area contributed by atoms with E-state index in [1.54, 1.807) is 12.1 Å². The van der Waals surface area contributed by atoms with Crippen LogP contribution in [0.3, 0.4) is 0 Å². The van der Waals surface area contributed by atoms with Crippen LogP contribution in [-0.2, 0) is 0 Å². The van der Waals surface area contributed by atoms with Gasteiger partial charge in [0.15, 0.2) is 0 Å². The molecule has 0 saturated carbocycles. The van der Waals surface area contributed by atoms with E-state index >= 15 is 0 Å². The van der Waals surface area contributed by atoms with Crippen molar-refractivity contribution in [3.63, 3.8) is 0 Å². The average molecular weight is 310 g/mol. The number of likely N-dealkylation sites (N-methyl/N-ethyl adjacent to an activating group) is 1. The van der Waals surface area contributed by atoms with E-state index in [-0.39, 0.29) is 11.9 Å². The third-order valence-electron chi connectivity index (χ3n) is 4.91. The monoisotopic (exact) mass is 310 g/mol. The van der Waals surface area contributed by atoms with E-state index in [0.29, 0.717) is 6.04 Å². The van der Waals surface area contributed by atoms with Gasteiger partial charge in [-0.15, -0.1) is 0 Å². The number of ether oxygens (including phenoxy) is 1. The minimum atomic E-state index is 0.0374. The first kappa shape index (κ1) is 14.5. The second-order valence-electron chi connectivity index (χ2n) is 6.50. The third-order valence-corrected chi connectivity index (χ3v) is 4.91. The Labute approximate surface area is 136 Å². The SMILES string of the molecule is CN1CCN2CC(Oc3ccc(O)cc3)c3ccccc3C2C1. The summed E-state index contributed by atoms with van der Waals surface area (Å²) >= 11 is 0. The minimum Gasteiger partial charge on any atom is -0.508 e. The van der Waals surface area contributed by atoms with Crippen LogP contribution in [0.4, 0.5) is 0 Å². The number of nitrogens with zero attached hydrogens (tertiary/aromatic N) is 2. The van der Waals surface area contributed by atoms with E-state index in [1.807, 2.05) is 12.1 Å². The van der Waals surface area contributed by atoms with Crippen molar-refractivity contribution in [1.82, 2.24) is 9.80 Å². The first-order valence-corrected chi connectivity index (χ1v) is 8.18. The van der Waals surface area contributed by atoms with Gasteiger partial charge >= 0.3 is 0 Å². The molecule has 2 unspecified atom stereocenters. The van der Waals surface area contributed by atoms with E-state index in [2.05, 4.69) is 41.1 Å². The number of piperazine rings is 1. The molecule has 2 aromatic rings. The molecule has 0 spiro atoms. The Kier molecular flexibility index (Phi) is 3.71. The standard InChI is InChI=1S/C19H22N2O2/c1-20-10-11-21-13-19(23-15-8-6-14(22)7-9-15)17-5-3-2-4-16(17)18(21)12-20/h2-9,18-19,22H,10-13H2,1H3. The lowest BCUT2D eigenvalue weighted by molar-refractivity contribution is 0.0322. The van der Waals surface area contributed by atoms with Crippen LogP contribution >= 0.6 is 0 Å². The van der Waals surface area contributed by atoms with Gasteiger partial charge in [-0.1, -0.05) is 24.3 Å². The quantitative estimate of drug-likeness (QED) is 0.925. The largest absolute Gasteiger partial charge is 0.508 e. The highest BCUT2D eigenvalue weighted by Crippen LogP contribution is 2.38. The molecular formula is C19H22N2O2. The fourth-order valence-corrected chi connectivity index (χ4v) is 3.68. The van der Waals surface area contributed by atoms with Crippen molar-refractivity contribution in [2.75, 3.05) is 33.2 Å². The number of phenolic OH excluding ortho intramolecular Hbond substituents is 1. The lowest BCUT2D eigenvalue weighted by atomic mass is 9.89. The number of benzene rings is 2. The molecule has 1 saturated heterocycles. The zero-order valence-electron chi connectivity index (χ0n) is 13.4. The first-order valence-electron chi connectivity index (χ1n) is 8.18. The second kappa shape index (κ2) is 5.87. The summed E-state index contributed by atoms with van der Waals surface area (Å²) in [6.45, 7) is 4.16. The summed E-state index contributed by atoms with van der Waals surface area (Å²) in [5, 5.41) is 9.43.